The second-order valence-electron chi connectivity index (χ2n) is 7.98. The topological polar surface area (TPSA) is 62.0 Å². The molecule has 0 amide bonds. The van der Waals surface area contributed by atoms with E-state index in [-0.39, 0.29) is 17.3 Å². The second-order valence-corrected chi connectivity index (χ2v) is 9.66. The van der Waals surface area contributed by atoms with Gasteiger partial charge < -0.3 is 4.98 Å². The summed E-state index contributed by atoms with van der Waals surface area (Å²) in [6.07, 6.45) is 2.26. The molecule has 6 heteroatoms. The summed E-state index contributed by atoms with van der Waals surface area (Å²) in [6, 6.07) is 11.3. The van der Waals surface area contributed by atoms with E-state index in [2.05, 4.69) is 9.71 Å². The average Bonchev–Trinajstić information content (AvgIpc) is 2.95. The summed E-state index contributed by atoms with van der Waals surface area (Å²) in [6.45, 7) is 7.79. The van der Waals surface area contributed by atoms with Crippen molar-refractivity contribution in [3.8, 4) is 0 Å². The quantitative estimate of drug-likeness (QED) is 0.675. The molecule has 144 valence electrons. The molecule has 3 rings (SSSR count). The predicted molar refractivity (Wildman–Crippen MR) is 107 cm³/mol. The summed E-state index contributed by atoms with van der Waals surface area (Å²) in [5.74, 6) is -0.310. The Morgan fingerprint density at radius 3 is 2.56 bits per heavy atom. The fraction of sp³-hybridized carbons (Fsp3) is 0.333. The van der Waals surface area contributed by atoms with Gasteiger partial charge in [0.2, 0.25) is 10.0 Å². The van der Waals surface area contributed by atoms with Crippen LogP contribution in [0.2, 0.25) is 0 Å². The third kappa shape index (κ3) is 4.22. The molecule has 1 atom stereocenters. The standard InChI is InChI=1S/C21H25FN2O2S/c1-14(11-15-13-23-19-10-9-16(22)12-17(15)19)24-27(25,26)20-8-6-5-7-18(20)21(2,3)4/h5-10,12-14,23-24H,11H2,1-4H3. The second kappa shape index (κ2) is 7.09. The first-order valence-corrected chi connectivity index (χ1v) is 10.4. The van der Waals surface area contributed by atoms with Gasteiger partial charge in [0.1, 0.15) is 5.82 Å². The van der Waals surface area contributed by atoms with Gasteiger partial charge in [-0.2, -0.15) is 0 Å². The molecule has 2 N–H and O–H groups in total. The number of aromatic amines is 1. The normalized spacial score (nSPS) is 13.8. The van der Waals surface area contributed by atoms with Crippen molar-refractivity contribution >= 4 is 20.9 Å². The molecule has 0 saturated carbocycles. The summed E-state index contributed by atoms with van der Waals surface area (Å²) < 4.78 is 42.3. The summed E-state index contributed by atoms with van der Waals surface area (Å²) in [5, 5.41) is 0.774. The summed E-state index contributed by atoms with van der Waals surface area (Å²) in [5.41, 5.74) is 2.20. The molecule has 4 nitrogen and oxygen atoms in total. The number of benzene rings is 2. The van der Waals surface area contributed by atoms with Gasteiger partial charge in [0, 0.05) is 23.1 Å². The lowest BCUT2D eigenvalue weighted by Crippen LogP contribution is -2.35. The minimum absolute atomic E-state index is 0.289. The Morgan fingerprint density at radius 1 is 1.15 bits per heavy atom. The number of hydrogen-bond donors (Lipinski definition) is 2. The van der Waals surface area contributed by atoms with E-state index in [1.54, 1.807) is 24.4 Å². The van der Waals surface area contributed by atoms with Crippen LogP contribution >= 0.6 is 0 Å². The number of sulfonamides is 1. The van der Waals surface area contributed by atoms with Crippen molar-refractivity contribution in [2.75, 3.05) is 0 Å². The lowest BCUT2D eigenvalue weighted by atomic mass is 9.87. The van der Waals surface area contributed by atoms with E-state index in [1.807, 2.05) is 39.8 Å². The highest BCUT2D eigenvalue weighted by Crippen LogP contribution is 2.29. The van der Waals surface area contributed by atoms with Gasteiger partial charge >= 0.3 is 0 Å². The zero-order valence-corrected chi connectivity index (χ0v) is 16.8. The largest absolute Gasteiger partial charge is 0.361 e. The molecule has 0 aliphatic rings. The third-order valence-electron chi connectivity index (χ3n) is 4.60. The van der Waals surface area contributed by atoms with Crippen molar-refractivity contribution in [1.82, 2.24) is 9.71 Å². The first-order chi connectivity index (χ1) is 12.6. The van der Waals surface area contributed by atoms with Gasteiger partial charge in [-0.05, 0) is 54.2 Å². The van der Waals surface area contributed by atoms with Crippen LogP contribution in [0.3, 0.4) is 0 Å². The molecule has 0 aliphatic carbocycles. The van der Waals surface area contributed by atoms with Crippen molar-refractivity contribution in [1.29, 1.82) is 0 Å². The Bertz CT molecular complexity index is 1070. The maximum atomic E-state index is 13.6. The number of aromatic nitrogens is 1. The minimum atomic E-state index is -3.67. The van der Waals surface area contributed by atoms with Crippen molar-refractivity contribution in [2.24, 2.45) is 0 Å². The van der Waals surface area contributed by atoms with Gasteiger partial charge in [0.25, 0.3) is 0 Å². The van der Waals surface area contributed by atoms with Crippen molar-refractivity contribution in [3.05, 3.63) is 65.6 Å². The van der Waals surface area contributed by atoms with Gasteiger partial charge in [-0.3, -0.25) is 0 Å². The van der Waals surface area contributed by atoms with E-state index in [1.165, 1.54) is 12.1 Å². The van der Waals surface area contributed by atoms with Crippen LogP contribution in [-0.4, -0.2) is 19.4 Å². The fourth-order valence-corrected chi connectivity index (χ4v) is 5.00. The fourth-order valence-electron chi connectivity index (χ4n) is 3.34. The molecule has 0 radical (unpaired) electrons. The molecular weight excluding hydrogens is 363 g/mol. The van der Waals surface area contributed by atoms with Gasteiger partial charge in [0.15, 0.2) is 0 Å². The summed E-state index contributed by atoms with van der Waals surface area (Å²) in [4.78, 5) is 3.40. The minimum Gasteiger partial charge on any atom is -0.361 e. The number of halogens is 1. The summed E-state index contributed by atoms with van der Waals surface area (Å²) in [7, 11) is -3.67. The molecule has 1 aromatic heterocycles. The van der Waals surface area contributed by atoms with E-state index in [9.17, 15) is 12.8 Å². The van der Waals surface area contributed by atoms with Crippen LogP contribution in [-0.2, 0) is 21.9 Å². The lowest BCUT2D eigenvalue weighted by Gasteiger charge is -2.23. The van der Waals surface area contributed by atoms with Crippen molar-refractivity contribution in [2.45, 2.75) is 50.5 Å². The van der Waals surface area contributed by atoms with E-state index in [4.69, 9.17) is 0 Å². The monoisotopic (exact) mass is 388 g/mol. The SMILES string of the molecule is CC(Cc1c[nH]c2ccc(F)cc12)NS(=O)(=O)c1ccccc1C(C)(C)C. The Balaban J connectivity index is 1.85. The molecule has 0 bridgehead atoms. The highest BCUT2D eigenvalue weighted by molar-refractivity contribution is 7.89. The molecule has 27 heavy (non-hydrogen) atoms. The molecule has 1 unspecified atom stereocenters. The summed E-state index contributed by atoms with van der Waals surface area (Å²) >= 11 is 0. The van der Waals surface area contributed by atoms with Crippen LogP contribution in [0.1, 0.15) is 38.8 Å². The van der Waals surface area contributed by atoms with E-state index in [0.29, 0.717) is 11.3 Å². The number of fused-ring (bicyclic) bond motifs is 1. The van der Waals surface area contributed by atoms with Gasteiger partial charge in [0.05, 0.1) is 4.90 Å². The Morgan fingerprint density at radius 2 is 1.85 bits per heavy atom. The van der Waals surface area contributed by atoms with Crippen LogP contribution in [0.25, 0.3) is 10.9 Å². The molecule has 3 aromatic rings. The molecule has 0 saturated heterocycles. The van der Waals surface area contributed by atoms with Crippen molar-refractivity contribution < 1.29 is 12.8 Å². The van der Waals surface area contributed by atoms with Crippen molar-refractivity contribution in [3.63, 3.8) is 0 Å². The zero-order chi connectivity index (χ0) is 19.8. The van der Waals surface area contributed by atoms with Gasteiger partial charge in [-0.15, -0.1) is 0 Å². The smallest absolute Gasteiger partial charge is 0.241 e. The van der Waals surface area contributed by atoms with Gasteiger partial charge in [-0.1, -0.05) is 39.0 Å². The average molecular weight is 389 g/mol. The molecule has 0 fully saturated rings. The molecule has 0 aliphatic heterocycles. The molecule has 2 aromatic carbocycles. The first-order valence-electron chi connectivity index (χ1n) is 8.95. The van der Waals surface area contributed by atoms with Crippen LogP contribution in [0.4, 0.5) is 4.39 Å². The molecule has 1 heterocycles. The molecule has 0 spiro atoms. The van der Waals surface area contributed by atoms with Crippen LogP contribution in [0, 0.1) is 5.82 Å². The van der Waals surface area contributed by atoms with Crippen LogP contribution in [0.5, 0.6) is 0 Å². The molecular formula is C21H25FN2O2S. The zero-order valence-electron chi connectivity index (χ0n) is 16.0. The first kappa shape index (κ1) is 19.6. The number of hydrogen-bond acceptors (Lipinski definition) is 2. The number of rotatable bonds is 5. The van der Waals surface area contributed by atoms with E-state index in [0.717, 1.165) is 22.0 Å². The van der Waals surface area contributed by atoms with Gasteiger partial charge in [-0.25, -0.2) is 17.5 Å². The Labute approximate surface area is 159 Å². The van der Waals surface area contributed by atoms with Crippen LogP contribution < -0.4 is 4.72 Å². The van der Waals surface area contributed by atoms with Crippen LogP contribution in [0.15, 0.2) is 53.6 Å². The predicted octanol–water partition coefficient (Wildman–Crippen LogP) is 4.51. The Kier molecular flexibility index (Phi) is 5.14. The number of H-pyrrole nitrogens is 1. The highest BCUT2D eigenvalue weighted by Gasteiger charge is 2.26. The third-order valence-corrected chi connectivity index (χ3v) is 6.24. The van der Waals surface area contributed by atoms with E-state index < -0.39 is 10.0 Å². The maximum Gasteiger partial charge on any atom is 0.241 e. The Hall–Kier alpha value is -2.18. The number of nitrogens with one attached hydrogen (secondary N) is 2. The lowest BCUT2D eigenvalue weighted by molar-refractivity contribution is 0.543. The highest BCUT2D eigenvalue weighted by atomic mass is 32.2. The van der Waals surface area contributed by atoms with E-state index >= 15 is 0 Å². The maximum absolute atomic E-state index is 13.6.